The zero-order valence-electron chi connectivity index (χ0n) is 19.8. The van der Waals surface area contributed by atoms with E-state index in [0.29, 0.717) is 24.4 Å². The van der Waals surface area contributed by atoms with Crippen molar-refractivity contribution in [3.05, 3.63) is 70.5 Å². The highest BCUT2D eigenvalue weighted by Crippen LogP contribution is 2.27. The van der Waals surface area contributed by atoms with Crippen LogP contribution in [0.2, 0.25) is 0 Å². The lowest BCUT2D eigenvalue weighted by atomic mass is 9.99. The van der Waals surface area contributed by atoms with Gasteiger partial charge >= 0.3 is 5.97 Å². The summed E-state index contributed by atoms with van der Waals surface area (Å²) < 4.78 is 20.0. The van der Waals surface area contributed by atoms with Crippen molar-refractivity contribution in [2.24, 2.45) is 5.92 Å². The number of benzene rings is 2. The number of aliphatic carboxylic acids is 1. The molecule has 2 N–H and O–H groups in total. The van der Waals surface area contributed by atoms with Crippen molar-refractivity contribution in [1.29, 1.82) is 0 Å². The van der Waals surface area contributed by atoms with Gasteiger partial charge in [-0.1, -0.05) is 43.3 Å². The number of carboxylic acids is 1. The molecule has 0 amide bonds. The highest BCUT2D eigenvalue weighted by Gasteiger charge is 2.31. The number of halogens is 1. The molecule has 0 aromatic heterocycles. The first kappa shape index (κ1) is 25.3. The maximum Gasteiger partial charge on any atom is 0.303 e. The second kappa shape index (κ2) is 11.7. The minimum absolute atomic E-state index is 0.0752. The molecule has 0 unspecified atom stereocenters. The van der Waals surface area contributed by atoms with Crippen molar-refractivity contribution in [2.45, 2.75) is 64.7 Å². The molecule has 4 atom stereocenters. The lowest BCUT2D eigenvalue weighted by Gasteiger charge is -2.28. The summed E-state index contributed by atoms with van der Waals surface area (Å²) in [5.74, 6) is -0.467. The molecule has 0 bridgehead atoms. The van der Waals surface area contributed by atoms with Crippen LogP contribution < -0.4 is 0 Å². The summed E-state index contributed by atoms with van der Waals surface area (Å²) >= 11 is 0. The SMILES string of the molecule is Cc1ccc(C[C@@H]2C[C@@H](C)CN2C[C@@H](O)CO[C@H](C)c2ccccc2CCC(=O)O)cc1F. The molecule has 2 aromatic rings. The van der Waals surface area contributed by atoms with Gasteiger partial charge in [-0.15, -0.1) is 0 Å². The number of β-amino-alcohol motifs (C(OH)–C–C–N with tert-alkyl or cyclic N) is 1. The molecule has 1 heterocycles. The summed E-state index contributed by atoms with van der Waals surface area (Å²) in [5, 5.41) is 19.7. The Bertz CT molecular complexity index is 934. The summed E-state index contributed by atoms with van der Waals surface area (Å²) in [6.45, 7) is 7.53. The first-order chi connectivity index (χ1) is 15.7. The van der Waals surface area contributed by atoms with Gasteiger partial charge in [-0.05, 0) is 67.3 Å². The maximum atomic E-state index is 14.0. The van der Waals surface area contributed by atoms with E-state index in [0.717, 1.165) is 36.1 Å². The van der Waals surface area contributed by atoms with Gasteiger partial charge in [0, 0.05) is 25.6 Å². The quantitative estimate of drug-likeness (QED) is 0.518. The van der Waals surface area contributed by atoms with Crippen LogP contribution in [0.25, 0.3) is 0 Å². The van der Waals surface area contributed by atoms with Crippen molar-refractivity contribution >= 4 is 5.97 Å². The number of aliphatic hydroxyl groups is 1. The van der Waals surface area contributed by atoms with Crippen LogP contribution in [0.4, 0.5) is 4.39 Å². The number of carbonyl (C=O) groups is 1. The molecule has 1 saturated heterocycles. The molecule has 1 aliphatic rings. The fraction of sp³-hybridized carbons (Fsp3) is 0.519. The first-order valence-corrected chi connectivity index (χ1v) is 11.8. The Labute approximate surface area is 196 Å². The van der Waals surface area contributed by atoms with Crippen molar-refractivity contribution in [3.63, 3.8) is 0 Å². The molecule has 0 radical (unpaired) electrons. The van der Waals surface area contributed by atoms with E-state index in [2.05, 4.69) is 11.8 Å². The first-order valence-electron chi connectivity index (χ1n) is 11.8. The minimum atomic E-state index is -0.823. The number of aryl methyl sites for hydroxylation is 2. The fourth-order valence-corrected chi connectivity index (χ4v) is 4.78. The Hall–Kier alpha value is -2.28. The molecule has 180 valence electrons. The summed E-state index contributed by atoms with van der Waals surface area (Å²) in [4.78, 5) is 13.2. The van der Waals surface area contributed by atoms with Crippen LogP contribution in [-0.4, -0.2) is 52.9 Å². The van der Waals surface area contributed by atoms with Crippen molar-refractivity contribution in [2.75, 3.05) is 19.7 Å². The molecule has 2 aromatic carbocycles. The Kier molecular flexibility index (Phi) is 9.01. The number of hydrogen-bond acceptors (Lipinski definition) is 4. The molecule has 3 rings (SSSR count). The Balaban J connectivity index is 1.54. The lowest BCUT2D eigenvalue weighted by Crippen LogP contribution is -2.39. The van der Waals surface area contributed by atoms with E-state index in [1.54, 1.807) is 13.0 Å². The molecule has 1 fully saturated rings. The average molecular weight is 458 g/mol. The smallest absolute Gasteiger partial charge is 0.303 e. The van der Waals surface area contributed by atoms with Crippen molar-refractivity contribution in [1.82, 2.24) is 4.90 Å². The van der Waals surface area contributed by atoms with Crippen LogP contribution >= 0.6 is 0 Å². The van der Waals surface area contributed by atoms with Crippen molar-refractivity contribution < 1.29 is 24.1 Å². The van der Waals surface area contributed by atoms with Gasteiger partial charge in [0.15, 0.2) is 0 Å². The summed E-state index contributed by atoms with van der Waals surface area (Å²) in [6.07, 6.45) is 1.44. The van der Waals surface area contributed by atoms with E-state index in [-0.39, 0.29) is 31.0 Å². The average Bonchev–Trinajstić information content (AvgIpc) is 3.11. The number of likely N-dealkylation sites (tertiary alicyclic amines) is 1. The molecule has 0 saturated carbocycles. The van der Waals surface area contributed by atoms with E-state index in [1.165, 1.54) is 0 Å². The molecular weight excluding hydrogens is 421 g/mol. The normalized spacial score (nSPS) is 20.6. The van der Waals surface area contributed by atoms with Gasteiger partial charge in [-0.2, -0.15) is 0 Å². The third-order valence-electron chi connectivity index (χ3n) is 6.53. The largest absolute Gasteiger partial charge is 0.481 e. The standard InChI is InChI=1S/C27H36FNO4/c1-18-12-23(13-21-9-8-19(2)26(28)14-21)29(15-18)16-24(30)17-33-20(3)25-7-5-4-6-22(25)10-11-27(31)32/h4-9,14,18,20,23-24,30H,10-13,15-17H2,1-3H3,(H,31,32)/t18-,20-,23+,24-/m1/s1. The van der Waals surface area contributed by atoms with Gasteiger partial charge < -0.3 is 14.9 Å². The monoisotopic (exact) mass is 457 g/mol. The van der Waals surface area contributed by atoms with Gasteiger partial charge in [0.2, 0.25) is 0 Å². The van der Waals surface area contributed by atoms with Gasteiger partial charge in [0.25, 0.3) is 0 Å². The minimum Gasteiger partial charge on any atom is -0.481 e. The summed E-state index contributed by atoms with van der Waals surface area (Å²) in [7, 11) is 0. The fourth-order valence-electron chi connectivity index (χ4n) is 4.78. The molecular formula is C27H36FNO4. The molecule has 5 nitrogen and oxygen atoms in total. The Morgan fingerprint density at radius 3 is 2.76 bits per heavy atom. The van der Waals surface area contributed by atoms with Crippen LogP contribution in [-0.2, 0) is 22.4 Å². The molecule has 6 heteroatoms. The zero-order chi connectivity index (χ0) is 24.0. The summed E-state index contributed by atoms with van der Waals surface area (Å²) in [5.41, 5.74) is 3.56. The van der Waals surface area contributed by atoms with Crippen LogP contribution in [0.3, 0.4) is 0 Å². The third-order valence-corrected chi connectivity index (χ3v) is 6.53. The van der Waals surface area contributed by atoms with Gasteiger partial charge in [-0.25, -0.2) is 4.39 Å². The number of nitrogens with zero attached hydrogens (tertiary/aromatic N) is 1. The molecule has 1 aliphatic heterocycles. The van der Waals surface area contributed by atoms with E-state index in [1.807, 2.05) is 43.3 Å². The Morgan fingerprint density at radius 2 is 2.03 bits per heavy atom. The van der Waals surface area contributed by atoms with E-state index in [9.17, 15) is 14.3 Å². The van der Waals surface area contributed by atoms with Gasteiger partial charge in [0.1, 0.15) is 5.82 Å². The number of rotatable bonds is 11. The van der Waals surface area contributed by atoms with Gasteiger partial charge in [0.05, 0.1) is 18.8 Å². The zero-order valence-corrected chi connectivity index (χ0v) is 19.8. The topological polar surface area (TPSA) is 70.0 Å². The number of ether oxygens (including phenoxy) is 1. The highest BCUT2D eigenvalue weighted by atomic mass is 19.1. The predicted octanol–water partition coefficient (Wildman–Crippen LogP) is 4.54. The van der Waals surface area contributed by atoms with E-state index in [4.69, 9.17) is 9.84 Å². The molecule has 33 heavy (non-hydrogen) atoms. The maximum absolute atomic E-state index is 14.0. The number of hydrogen-bond donors (Lipinski definition) is 2. The third kappa shape index (κ3) is 7.36. The van der Waals surface area contributed by atoms with Crippen LogP contribution in [0.1, 0.15) is 55.0 Å². The van der Waals surface area contributed by atoms with Crippen LogP contribution in [0.5, 0.6) is 0 Å². The Morgan fingerprint density at radius 1 is 1.27 bits per heavy atom. The summed E-state index contributed by atoms with van der Waals surface area (Å²) in [6, 6.07) is 13.4. The lowest BCUT2D eigenvalue weighted by molar-refractivity contribution is -0.136. The van der Waals surface area contributed by atoms with Crippen molar-refractivity contribution in [3.8, 4) is 0 Å². The number of aliphatic hydroxyl groups excluding tert-OH is 1. The molecule has 0 spiro atoms. The second-order valence-electron chi connectivity index (χ2n) is 9.46. The van der Waals surface area contributed by atoms with Gasteiger partial charge in [-0.3, -0.25) is 9.69 Å². The van der Waals surface area contributed by atoms with Crippen LogP contribution in [0.15, 0.2) is 42.5 Å². The second-order valence-corrected chi connectivity index (χ2v) is 9.46. The molecule has 0 aliphatic carbocycles. The van der Waals surface area contributed by atoms with E-state index < -0.39 is 12.1 Å². The van der Waals surface area contributed by atoms with Crippen LogP contribution in [0, 0.1) is 18.7 Å². The number of carboxylic acid groups (broad SMARTS) is 1. The van der Waals surface area contributed by atoms with E-state index >= 15 is 0 Å². The highest BCUT2D eigenvalue weighted by molar-refractivity contribution is 5.67. The predicted molar refractivity (Wildman–Crippen MR) is 127 cm³/mol.